The van der Waals surface area contributed by atoms with Crippen molar-refractivity contribution in [2.45, 2.75) is 26.7 Å². The minimum absolute atomic E-state index is 0.0714. The number of benzene rings is 2. The first-order chi connectivity index (χ1) is 12.9. The SMILES string of the molecule is Cc1ccc(C(=O)CCC(=O)NCCNC(=O)c2ccc(F)cc2)cc1C. The van der Waals surface area contributed by atoms with E-state index in [0.717, 1.165) is 11.1 Å². The molecule has 0 saturated heterocycles. The second-order valence-electron chi connectivity index (χ2n) is 6.33. The predicted molar refractivity (Wildman–Crippen MR) is 101 cm³/mol. The topological polar surface area (TPSA) is 75.3 Å². The third kappa shape index (κ3) is 6.33. The van der Waals surface area contributed by atoms with Crippen molar-refractivity contribution in [3.8, 4) is 0 Å². The van der Waals surface area contributed by atoms with E-state index in [1.165, 1.54) is 24.3 Å². The molecule has 0 radical (unpaired) electrons. The molecular weight excluding hydrogens is 347 g/mol. The fourth-order valence-corrected chi connectivity index (χ4v) is 2.46. The van der Waals surface area contributed by atoms with Crippen LogP contribution in [-0.4, -0.2) is 30.7 Å². The number of aryl methyl sites for hydroxylation is 2. The Labute approximate surface area is 158 Å². The fraction of sp³-hybridized carbons (Fsp3) is 0.286. The van der Waals surface area contributed by atoms with Crippen LogP contribution in [0.4, 0.5) is 4.39 Å². The Hall–Kier alpha value is -3.02. The zero-order chi connectivity index (χ0) is 19.8. The van der Waals surface area contributed by atoms with Crippen LogP contribution in [0.3, 0.4) is 0 Å². The van der Waals surface area contributed by atoms with E-state index >= 15 is 0 Å². The summed E-state index contributed by atoms with van der Waals surface area (Å²) in [4.78, 5) is 35.8. The van der Waals surface area contributed by atoms with Gasteiger partial charge in [0.05, 0.1) is 0 Å². The Balaban J connectivity index is 1.67. The lowest BCUT2D eigenvalue weighted by atomic mass is 10.0. The van der Waals surface area contributed by atoms with Crippen molar-refractivity contribution < 1.29 is 18.8 Å². The Morgan fingerprint density at radius 2 is 1.44 bits per heavy atom. The van der Waals surface area contributed by atoms with Crippen molar-refractivity contribution in [3.05, 3.63) is 70.5 Å². The number of rotatable bonds is 8. The summed E-state index contributed by atoms with van der Waals surface area (Å²) in [5.74, 6) is -1.07. The Morgan fingerprint density at radius 1 is 0.815 bits per heavy atom. The summed E-state index contributed by atoms with van der Waals surface area (Å²) in [6.45, 7) is 4.42. The van der Waals surface area contributed by atoms with Gasteiger partial charge < -0.3 is 10.6 Å². The average Bonchev–Trinajstić information content (AvgIpc) is 2.65. The van der Waals surface area contributed by atoms with Crippen molar-refractivity contribution >= 4 is 17.6 Å². The van der Waals surface area contributed by atoms with Gasteiger partial charge in [-0.25, -0.2) is 4.39 Å². The third-order valence-electron chi connectivity index (χ3n) is 4.25. The van der Waals surface area contributed by atoms with Crippen molar-refractivity contribution in [2.24, 2.45) is 0 Å². The van der Waals surface area contributed by atoms with Gasteiger partial charge in [-0.15, -0.1) is 0 Å². The number of Topliss-reactive ketones (excluding diaryl/α,β-unsaturated/α-hetero) is 1. The minimum Gasteiger partial charge on any atom is -0.354 e. The summed E-state index contributed by atoms with van der Waals surface area (Å²) in [6.07, 6.45) is 0.230. The molecular formula is C21H23FN2O3. The first-order valence-corrected chi connectivity index (χ1v) is 8.77. The number of amides is 2. The lowest BCUT2D eigenvalue weighted by Crippen LogP contribution is -2.34. The van der Waals surface area contributed by atoms with Crippen LogP contribution in [0.1, 0.15) is 44.7 Å². The first-order valence-electron chi connectivity index (χ1n) is 8.77. The van der Waals surface area contributed by atoms with Crippen LogP contribution in [0, 0.1) is 19.7 Å². The largest absolute Gasteiger partial charge is 0.354 e. The van der Waals surface area contributed by atoms with Gasteiger partial charge in [0.1, 0.15) is 5.82 Å². The summed E-state index contributed by atoms with van der Waals surface area (Å²) in [5.41, 5.74) is 3.12. The summed E-state index contributed by atoms with van der Waals surface area (Å²) >= 11 is 0. The van der Waals surface area contributed by atoms with E-state index in [4.69, 9.17) is 0 Å². The van der Waals surface area contributed by atoms with Gasteiger partial charge in [-0.1, -0.05) is 12.1 Å². The number of nitrogens with one attached hydrogen (secondary N) is 2. The molecule has 2 aromatic carbocycles. The molecule has 142 valence electrons. The predicted octanol–water partition coefficient (Wildman–Crippen LogP) is 2.95. The highest BCUT2D eigenvalue weighted by molar-refractivity contribution is 5.98. The molecule has 6 heteroatoms. The highest BCUT2D eigenvalue weighted by atomic mass is 19.1. The maximum absolute atomic E-state index is 12.8. The van der Waals surface area contributed by atoms with Crippen LogP contribution in [0.5, 0.6) is 0 Å². The molecule has 0 bridgehead atoms. The molecule has 0 fully saturated rings. The average molecular weight is 370 g/mol. The number of hydrogen-bond acceptors (Lipinski definition) is 3. The van der Waals surface area contributed by atoms with Gasteiger partial charge in [-0.3, -0.25) is 14.4 Å². The van der Waals surface area contributed by atoms with E-state index in [9.17, 15) is 18.8 Å². The van der Waals surface area contributed by atoms with Gasteiger partial charge >= 0.3 is 0 Å². The fourth-order valence-electron chi connectivity index (χ4n) is 2.46. The van der Waals surface area contributed by atoms with Crippen LogP contribution in [-0.2, 0) is 4.79 Å². The van der Waals surface area contributed by atoms with Crippen LogP contribution in [0.2, 0.25) is 0 Å². The second-order valence-corrected chi connectivity index (χ2v) is 6.33. The standard InChI is InChI=1S/C21H23FN2O3/c1-14-3-4-17(13-15(14)2)19(25)9-10-20(26)23-11-12-24-21(27)16-5-7-18(22)8-6-16/h3-8,13H,9-12H2,1-2H3,(H,23,26)(H,24,27). The van der Waals surface area contributed by atoms with Gasteiger partial charge in [0.25, 0.3) is 5.91 Å². The van der Waals surface area contributed by atoms with Crippen LogP contribution < -0.4 is 10.6 Å². The molecule has 0 aliphatic rings. The van der Waals surface area contributed by atoms with Crippen molar-refractivity contribution in [3.63, 3.8) is 0 Å². The molecule has 2 amide bonds. The van der Waals surface area contributed by atoms with Gasteiger partial charge in [-0.05, 0) is 55.3 Å². The highest BCUT2D eigenvalue weighted by Crippen LogP contribution is 2.12. The molecule has 0 saturated carbocycles. The van der Waals surface area contributed by atoms with E-state index < -0.39 is 5.82 Å². The summed E-state index contributed by atoms with van der Waals surface area (Å²) in [6, 6.07) is 10.7. The smallest absolute Gasteiger partial charge is 0.251 e. The Kier molecular flexibility index (Phi) is 7.23. The van der Waals surface area contributed by atoms with E-state index in [2.05, 4.69) is 10.6 Å². The molecule has 0 aliphatic heterocycles. The van der Waals surface area contributed by atoms with Crippen LogP contribution in [0.15, 0.2) is 42.5 Å². The van der Waals surface area contributed by atoms with Crippen molar-refractivity contribution in [1.82, 2.24) is 10.6 Å². The second kappa shape index (κ2) is 9.62. The summed E-state index contributed by atoms with van der Waals surface area (Å²) in [5, 5.41) is 5.29. The van der Waals surface area contributed by atoms with Crippen molar-refractivity contribution in [1.29, 1.82) is 0 Å². The van der Waals surface area contributed by atoms with E-state index in [1.807, 2.05) is 26.0 Å². The molecule has 0 aromatic heterocycles. The van der Waals surface area contributed by atoms with Gasteiger partial charge in [0.2, 0.25) is 5.91 Å². The number of carbonyl (C=O) groups is 3. The third-order valence-corrected chi connectivity index (χ3v) is 4.25. The summed E-state index contributed by atoms with van der Waals surface area (Å²) in [7, 11) is 0. The maximum Gasteiger partial charge on any atom is 0.251 e. The number of ketones is 1. The molecule has 2 N–H and O–H groups in total. The monoisotopic (exact) mass is 370 g/mol. The van der Waals surface area contributed by atoms with Gasteiger partial charge in [0.15, 0.2) is 5.78 Å². The van der Waals surface area contributed by atoms with Crippen LogP contribution in [0.25, 0.3) is 0 Å². The molecule has 0 spiro atoms. The molecule has 2 aromatic rings. The molecule has 0 unspecified atom stereocenters. The number of carbonyl (C=O) groups excluding carboxylic acids is 3. The maximum atomic E-state index is 12.8. The highest BCUT2D eigenvalue weighted by Gasteiger charge is 2.10. The Morgan fingerprint density at radius 3 is 2.11 bits per heavy atom. The van der Waals surface area contributed by atoms with Gasteiger partial charge in [0, 0.05) is 37.1 Å². The minimum atomic E-state index is -0.408. The quantitative estimate of drug-likeness (QED) is 0.554. The first kappa shape index (κ1) is 20.3. The van der Waals surface area contributed by atoms with E-state index in [1.54, 1.807) is 6.07 Å². The molecule has 0 aliphatic carbocycles. The molecule has 0 atom stereocenters. The lowest BCUT2D eigenvalue weighted by molar-refractivity contribution is -0.121. The molecule has 2 rings (SSSR count). The molecule has 0 heterocycles. The molecule has 27 heavy (non-hydrogen) atoms. The number of hydrogen-bond donors (Lipinski definition) is 2. The number of halogens is 1. The lowest BCUT2D eigenvalue weighted by Gasteiger charge is -2.08. The van der Waals surface area contributed by atoms with Gasteiger partial charge in [-0.2, -0.15) is 0 Å². The van der Waals surface area contributed by atoms with Crippen LogP contribution >= 0.6 is 0 Å². The zero-order valence-corrected chi connectivity index (χ0v) is 15.5. The molecule has 5 nitrogen and oxygen atoms in total. The van der Waals surface area contributed by atoms with Crippen molar-refractivity contribution in [2.75, 3.05) is 13.1 Å². The Bertz CT molecular complexity index is 832. The summed E-state index contributed by atoms with van der Waals surface area (Å²) < 4.78 is 12.8. The zero-order valence-electron chi connectivity index (χ0n) is 15.5. The van der Waals surface area contributed by atoms with E-state index in [-0.39, 0.29) is 43.5 Å². The normalized spacial score (nSPS) is 10.3. The van der Waals surface area contributed by atoms with E-state index in [0.29, 0.717) is 11.1 Å².